The number of nitrogens with zero attached hydrogens (tertiary/aromatic N) is 2. The largest absolute Gasteiger partial charge is 0.379 e. The number of carbonyl (C=O) groups is 1. The Morgan fingerprint density at radius 1 is 1.43 bits per heavy atom. The van der Waals surface area contributed by atoms with E-state index in [2.05, 4.69) is 20.5 Å². The predicted molar refractivity (Wildman–Crippen MR) is 82.4 cm³/mol. The average Bonchev–Trinajstić information content (AvgIpc) is 3.21. The molecule has 116 valence electrons. The molecule has 1 aliphatic heterocycles. The minimum Gasteiger partial charge on any atom is -0.379 e. The van der Waals surface area contributed by atoms with Crippen LogP contribution in [0.3, 0.4) is 0 Å². The molecular formula is C14H22N4O2S. The van der Waals surface area contributed by atoms with Crippen molar-refractivity contribution in [2.75, 3.05) is 44.7 Å². The zero-order valence-corrected chi connectivity index (χ0v) is 13.0. The summed E-state index contributed by atoms with van der Waals surface area (Å²) in [6.45, 7) is 5.63. The van der Waals surface area contributed by atoms with Gasteiger partial charge in [-0.05, 0) is 25.3 Å². The second kappa shape index (κ2) is 7.31. The van der Waals surface area contributed by atoms with Crippen LogP contribution in [0.25, 0.3) is 0 Å². The van der Waals surface area contributed by atoms with E-state index in [1.807, 2.05) is 5.38 Å². The predicted octanol–water partition coefficient (Wildman–Crippen LogP) is 0.913. The van der Waals surface area contributed by atoms with E-state index in [0.29, 0.717) is 11.7 Å². The molecule has 2 N–H and O–H groups in total. The van der Waals surface area contributed by atoms with Gasteiger partial charge in [-0.15, -0.1) is 11.3 Å². The van der Waals surface area contributed by atoms with Crippen LogP contribution in [0.5, 0.6) is 0 Å². The van der Waals surface area contributed by atoms with Crippen LogP contribution in [0.2, 0.25) is 0 Å². The minimum atomic E-state index is -0.0112. The van der Waals surface area contributed by atoms with Gasteiger partial charge in [0.2, 0.25) is 5.91 Å². The van der Waals surface area contributed by atoms with E-state index in [1.54, 1.807) is 0 Å². The molecule has 0 aromatic carbocycles. The first kappa shape index (κ1) is 14.9. The number of nitrogens with one attached hydrogen (secondary N) is 2. The van der Waals surface area contributed by atoms with Gasteiger partial charge in [0.05, 0.1) is 25.5 Å². The summed E-state index contributed by atoms with van der Waals surface area (Å²) in [5.41, 5.74) is 1.02. The van der Waals surface area contributed by atoms with Crippen LogP contribution in [0, 0.1) is 5.92 Å². The molecule has 2 heterocycles. The highest BCUT2D eigenvalue weighted by Crippen LogP contribution is 2.27. The van der Waals surface area contributed by atoms with Crippen LogP contribution in [0.1, 0.15) is 18.5 Å². The van der Waals surface area contributed by atoms with Crippen molar-refractivity contribution in [2.45, 2.75) is 19.4 Å². The summed E-state index contributed by atoms with van der Waals surface area (Å²) < 4.78 is 5.33. The number of hydrogen-bond acceptors (Lipinski definition) is 6. The molecule has 1 aromatic heterocycles. The van der Waals surface area contributed by atoms with Crippen LogP contribution >= 0.6 is 11.3 Å². The van der Waals surface area contributed by atoms with Gasteiger partial charge in [-0.3, -0.25) is 9.69 Å². The maximum Gasteiger partial charge on any atom is 0.240 e. The fourth-order valence-electron chi connectivity index (χ4n) is 2.30. The summed E-state index contributed by atoms with van der Waals surface area (Å²) in [6.07, 6.45) is 2.60. The number of ether oxygens (including phenoxy) is 1. The SMILES string of the molecule is O=C(CNCC1CC1)Nc1nc(CN2CCOCC2)cs1. The Labute approximate surface area is 128 Å². The van der Waals surface area contributed by atoms with Crippen molar-refractivity contribution in [1.82, 2.24) is 15.2 Å². The molecule has 0 spiro atoms. The van der Waals surface area contributed by atoms with Gasteiger partial charge < -0.3 is 15.4 Å². The van der Waals surface area contributed by atoms with E-state index >= 15 is 0 Å². The topological polar surface area (TPSA) is 66.5 Å². The lowest BCUT2D eigenvalue weighted by molar-refractivity contribution is -0.115. The summed E-state index contributed by atoms with van der Waals surface area (Å²) in [7, 11) is 0. The molecule has 1 aromatic rings. The van der Waals surface area contributed by atoms with Gasteiger partial charge in [0, 0.05) is 25.0 Å². The third-order valence-electron chi connectivity index (χ3n) is 3.70. The van der Waals surface area contributed by atoms with E-state index in [9.17, 15) is 4.79 Å². The van der Waals surface area contributed by atoms with Crippen LogP contribution in [-0.4, -0.2) is 55.2 Å². The Morgan fingerprint density at radius 2 is 2.24 bits per heavy atom. The van der Waals surface area contributed by atoms with Crippen LogP contribution in [0.4, 0.5) is 5.13 Å². The standard InChI is InChI=1S/C14H22N4O2S/c19-13(8-15-7-11-1-2-11)17-14-16-12(10-21-14)9-18-3-5-20-6-4-18/h10-11,15H,1-9H2,(H,16,17,19). The monoisotopic (exact) mass is 310 g/mol. The maximum absolute atomic E-state index is 11.8. The highest BCUT2D eigenvalue weighted by molar-refractivity contribution is 7.13. The zero-order chi connectivity index (χ0) is 14.5. The van der Waals surface area contributed by atoms with E-state index < -0.39 is 0 Å². The van der Waals surface area contributed by atoms with Gasteiger partial charge in [-0.25, -0.2) is 4.98 Å². The van der Waals surface area contributed by atoms with Crippen LogP contribution < -0.4 is 10.6 Å². The van der Waals surface area contributed by atoms with Crippen molar-refractivity contribution >= 4 is 22.4 Å². The summed E-state index contributed by atoms with van der Waals surface area (Å²) in [5.74, 6) is 0.778. The van der Waals surface area contributed by atoms with Crippen LogP contribution in [-0.2, 0) is 16.1 Å². The number of morpholine rings is 1. The van der Waals surface area contributed by atoms with Gasteiger partial charge in [0.25, 0.3) is 0 Å². The van der Waals surface area contributed by atoms with Gasteiger partial charge in [-0.2, -0.15) is 0 Å². The molecule has 0 radical (unpaired) electrons. The lowest BCUT2D eigenvalue weighted by Gasteiger charge is -2.25. The molecule has 1 saturated carbocycles. The summed E-state index contributed by atoms with van der Waals surface area (Å²) in [6, 6.07) is 0. The highest BCUT2D eigenvalue weighted by Gasteiger charge is 2.20. The summed E-state index contributed by atoms with van der Waals surface area (Å²) >= 11 is 1.49. The molecule has 0 bridgehead atoms. The Kier molecular flexibility index (Phi) is 5.18. The Balaban J connectivity index is 1.39. The number of aromatic nitrogens is 1. The first-order valence-corrected chi connectivity index (χ1v) is 8.42. The van der Waals surface area contributed by atoms with Gasteiger partial charge in [0.15, 0.2) is 5.13 Å². The first-order chi connectivity index (χ1) is 10.3. The second-order valence-electron chi connectivity index (χ2n) is 5.65. The molecule has 1 amide bonds. The average molecular weight is 310 g/mol. The Morgan fingerprint density at radius 3 is 3.00 bits per heavy atom. The van der Waals surface area contributed by atoms with Crippen molar-refractivity contribution in [3.63, 3.8) is 0 Å². The molecule has 6 nitrogen and oxygen atoms in total. The van der Waals surface area contributed by atoms with Crippen molar-refractivity contribution in [3.05, 3.63) is 11.1 Å². The van der Waals surface area contributed by atoms with Gasteiger partial charge in [-0.1, -0.05) is 0 Å². The fraction of sp³-hybridized carbons (Fsp3) is 0.714. The first-order valence-electron chi connectivity index (χ1n) is 7.54. The van der Waals surface area contributed by atoms with Crippen LogP contribution in [0.15, 0.2) is 5.38 Å². The van der Waals surface area contributed by atoms with E-state index in [0.717, 1.165) is 51.0 Å². The minimum absolute atomic E-state index is 0.0112. The fourth-order valence-corrected chi connectivity index (χ4v) is 3.02. The number of hydrogen-bond donors (Lipinski definition) is 2. The van der Waals surface area contributed by atoms with E-state index in [4.69, 9.17) is 4.74 Å². The van der Waals surface area contributed by atoms with Crippen molar-refractivity contribution in [2.24, 2.45) is 5.92 Å². The summed E-state index contributed by atoms with van der Waals surface area (Å²) in [4.78, 5) is 18.6. The summed E-state index contributed by atoms with van der Waals surface area (Å²) in [5, 5.41) is 8.75. The molecule has 21 heavy (non-hydrogen) atoms. The molecule has 0 unspecified atom stereocenters. The number of thiazole rings is 1. The molecule has 0 atom stereocenters. The quantitative estimate of drug-likeness (QED) is 0.784. The normalized spacial score (nSPS) is 19.6. The Hall–Kier alpha value is -1.02. The zero-order valence-electron chi connectivity index (χ0n) is 12.1. The smallest absolute Gasteiger partial charge is 0.240 e. The maximum atomic E-state index is 11.8. The third kappa shape index (κ3) is 5.03. The molecule has 2 fully saturated rings. The molecule has 3 rings (SSSR count). The molecule has 7 heteroatoms. The lowest BCUT2D eigenvalue weighted by Crippen LogP contribution is -2.35. The van der Waals surface area contributed by atoms with Crippen molar-refractivity contribution in [1.29, 1.82) is 0 Å². The van der Waals surface area contributed by atoms with E-state index in [1.165, 1.54) is 24.2 Å². The number of carbonyl (C=O) groups excluding carboxylic acids is 1. The second-order valence-corrected chi connectivity index (χ2v) is 6.51. The molecule has 1 saturated heterocycles. The van der Waals surface area contributed by atoms with Gasteiger partial charge in [0.1, 0.15) is 0 Å². The lowest BCUT2D eigenvalue weighted by atomic mass is 10.4. The van der Waals surface area contributed by atoms with Gasteiger partial charge >= 0.3 is 0 Å². The Bertz CT molecular complexity index is 469. The molecule has 1 aliphatic carbocycles. The number of amides is 1. The number of anilines is 1. The highest BCUT2D eigenvalue weighted by atomic mass is 32.1. The number of rotatable bonds is 7. The van der Waals surface area contributed by atoms with E-state index in [-0.39, 0.29) is 5.91 Å². The van der Waals surface area contributed by atoms with Crippen molar-refractivity contribution in [3.8, 4) is 0 Å². The van der Waals surface area contributed by atoms with Crippen molar-refractivity contribution < 1.29 is 9.53 Å². The molecule has 2 aliphatic rings. The molecular weight excluding hydrogens is 288 g/mol. The third-order valence-corrected chi connectivity index (χ3v) is 4.51.